The maximum absolute atomic E-state index is 12.7. The first-order valence-corrected chi connectivity index (χ1v) is 25.1. The topological polar surface area (TPSA) is 123 Å². The molecule has 0 aliphatic heterocycles. The highest BCUT2D eigenvalue weighted by Crippen LogP contribution is 2.67. The van der Waals surface area contributed by atoms with Gasteiger partial charge in [0.1, 0.15) is 6.10 Å². The molecule has 0 spiro atoms. The van der Waals surface area contributed by atoms with Gasteiger partial charge in [-0.2, -0.15) is 0 Å². The van der Waals surface area contributed by atoms with E-state index in [4.69, 9.17) is 14.0 Å². The van der Waals surface area contributed by atoms with Crippen LogP contribution in [0.3, 0.4) is 0 Å². The van der Waals surface area contributed by atoms with E-state index in [1.54, 1.807) is 0 Å². The van der Waals surface area contributed by atoms with Crippen LogP contribution >= 0.6 is 7.82 Å². The molecule has 4 rings (SSSR count). The van der Waals surface area contributed by atoms with E-state index in [0.717, 1.165) is 68.1 Å². The summed E-state index contributed by atoms with van der Waals surface area (Å²) in [6.07, 6.45) is 29.9. The predicted octanol–water partition coefficient (Wildman–Crippen LogP) is 12.8. The summed E-state index contributed by atoms with van der Waals surface area (Å²) < 4.78 is 28.9. The summed E-state index contributed by atoms with van der Waals surface area (Å²) in [4.78, 5) is 31.6. The number of phosphoric ester groups is 1. The summed E-state index contributed by atoms with van der Waals surface area (Å²) in [6.45, 7) is 14.3. The van der Waals surface area contributed by atoms with Crippen molar-refractivity contribution < 1.29 is 38.3 Å². The molecule has 0 radical (unpaired) electrons. The molecule has 3 fully saturated rings. The summed E-state index contributed by atoms with van der Waals surface area (Å²) in [5, 5.41) is 10.3. The first-order valence-electron chi connectivity index (χ1n) is 23.6. The molecule has 4 aliphatic carbocycles. The first-order chi connectivity index (χ1) is 26.7. The lowest BCUT2D eigenvalue weighted by atomic mass is 9.47. The second-order valence-electron chi connectivity index (χ2n) is 19.8. The van der Waals surface area contributed by atoms with E-state index in [2.05, 4.69) is 47.6 Å². The van der Waals surface area contributed by atoms with Crippen molar-refractivity contribution >= 4 is 13.8 Å². The van der Waals surface area contributed by atoms with E-state index in [1.807, 2.05) is 0 Å². The van der Waals surface area contributed by atoms with Gasteiger partial charge < -0.3 is 24.4 Å². The molecule has 4 aliphatic rings. The molecule has 0 heterocycles. The summed E-state index contributed by atoms with van der Waals surface area (Å²) in [7, 11) is -4.82. The van der Waals surface area contributed by atoms with Gasteiger partial charge in [0.05, 0.1) is 12.7 Å². The Bertz CT molecular complexity index is 1230. The van der Waals surface area contributed by atoms with Gasteiger partial charge in [-0.05, 0) is 104 Å². The van der Waals surface area contributed by atoms with Crippen LogP contribution in [-0.4, -0.2) is 52.4 Å². The summed E-state index contributed by atoms with van der Waals surface area (Å²) in [6, 6.07) is 0. The van der Waals surface area contributed by atoms with Gasteiger partial charge in [0.25, 0.3) is 0 Å². The molecule has 0 saturated heterocycles. The Hall–Kier alpha value is -0.760. The van der Waals surface area contributed by atoms with Crippen LogP contribution in [0.15, 0.2) is 11.6 Å². The molecular formula is C47H85O8P. The van der Waals surface area contributed by atoms with Crippen molar-refractivity contribution in [2.75, 3.05) is 13.2 Å². The summed E-state index contributed by atoms with van der Waals surface area (Å²) in [5.41, 5.74) is 1.97. The largest absolute Gasteiger partial charge is 0.479 e. The number of carboxylic acids is 1. The Morgan fingerprint density at radius 3 is 2.04 bits per heavy atom. The number of allylic oxidation sites excluding steroid dienone is 1. The van der Waals surface area contributed by atoms with Gasteiger partial charge in [0, 0.05) is 6.61 Å². The highest BCUT2D eigenvalue weighted by Gasteiger charge is 2.59. The Kier molecular flexibility index (Phi) is 19.9. The number of rotatable bonds is 28. The fraction of sp³-hybridized carbons (Fsp3) is 0.936. The molecule has 0 aromatic carbocycles. The van der Waals surface area contributed by atoms with Gasteiger partial charge >= 0.3 is 13.8 Å². The molecule has 3 N–H and O–H groups in total. The standard InChI is InChI=1S/C47H85O8P/c1-7-8-9-10-11-12-13-14-15-16-17-18-19-20-32-53-43(34-54-56(50,51)52)44(45(48)49)55-38-28-30-46(5)37(33-38)24-25-39-41-27-26-40(36(4)23-21-22-35(2)3)47(41,6)31-29-42(39)46/h24,35-36,38-44H,7-23,25-34H2,1-6H3,(H,48,49)(H2,50,51,52)/t36-,38?,39?,40-,41?,42?,43?,44?,46+,47-/m1/s1. The predicted molar refractivity (Wildman–Crippen MR) is 227 cm³/mol. The summed E-state index contributed by atoms with van der Waals surface area (Å²) in [5.74, 6) is 3.38. The normalized spacial score (nSPS) is 30.7. The number of carboxylic acid groups (broad SMARTS) is 1. The van der Waals surface area contributed by atoms with Gasteiger partial charge in [-0.25, -0.2) is 9.36 Å². The molecule has 0 bridgehead atoms. The second kappa shape index (κ2) is 23.3. The maximum Gasteiger partial charge on any atom is 0.469 e. The number of hydrogen-bond donors (Lipinski definition) is 3. The van der Waals surface area contributed by atoms with Crippen molar-refractivity contribution in [2.24, 2.45) is 46.3 Å². The van der Waals surface area contributed by atoms with Crippen molar-refractivity contribution in [1.29, 1.82) is 0 Å². The van der Waals surface area contributed by atoms with Crippen molar-refractivity contribution in [3.63, 3.8) is 0 Å². The molecule has 56 heavy (non-hydrogen) atoms. The Morgan fingerprint density at radius 2 is 1.45 bits per heavy atom. The molecule has 9 heteroatoms. The molecule has 10 atom stereocenters. The van der Waals surface area contributed by atoms with Crippen LogP contribution in [0.25, 0.3) is 0 Å². The van der Waals surface area contributed by atoms with E-state index in [-0.39, 0.29) is 11.5 Å². The third kappa shape index (κ3) is 13.9. The fourth-order valence-electron chi connectivity index (χ4n) is 12.2. The molecule has 0 aromatic rings. The third-order valence-corrected chi connectivity index (χ3v) is 15.9. The average molecular weight is 809 g/mol. The molecular weight excluding hydrogens is 723 g/mol. The van der Waals surface area contributed by atoms with E-state index < -0.39 is 32.6 Å². The van der Waals surface area contributed by atoms with Crippen molar-refractivity contribution in [3.05, 3.63) is 11.6 Å². The van der Waals surface area contributed by atoms with E-state index in [1.165, 1.54) is 121 Å². The van der Waals surface area contributed by atoms with Crippen molar-refractivity contribution in [3.8, 4) is 0 Å². The van der Waals surface area contributed by atoms with E-state index >= 15 is 0 Å². The maximum atomic E-state index is 12.7. The van der Waals surface area contributed by atoms with Gasteiger partial charge in [0.15, 0.2) is 6.10 Å². The van der Waals surface area contributed by atoms with E-state index in [0.29, 0.717) is 24.4 Å². The van der Waals surface area contributed by atoms with Crippen LogP contribution in [0.1, 0.15) is 202 Å². The van der Waals surface area contributed by atoms with Gasteiger partial charge in [-0.15, -0.1) is 0 Å². The zero-order chi connectivity index (χ0) is 40.8. The van der Waals surface area contributed by atoms with Gasteiger partial charge in [0.2, 0.25) is 0 Å². The zero-order valence-corrected chi connectivity index (χ0v) is 37.6. The Morgan fingerprint density at radius 1 is 0.821 bits per heavy atom. The summed E-state index contributed by atoms with van der Waals surface area (Å²) >= 11 is 0. The number of aliphatic carboxylic acids is 1. The molecule has 3 saturated carbocycles. The molecule has 0 aromatic heterocycles. The molecule has 326 valence electrons. The fourth-order valence-corrected chi connectivity index (χ4v) is 12.5. The van der Waals surface area contributed by atoms with Crippen LogP contribution in [-0.2, 0) is 23.4 Å². The smallest absolute Gasteiger partial charge is 0.469 e. The first kappa shape index (κ1) is 47.9. The number of unbranched alkanes of at least 4 members (excludes halogenated alkanes) is 13. The highest BCUT2D eigenvalue weighted by molar-refractivity contribution is 7.46. The Balaban J connectivity index is 1.26. The monoisotopic (exact) mass is 809 g/mol. The van der Waals surface area contributed by atoms with Crippen LogP contribution in [0, 0.1) is 46.3 Å². The quantitative estimate of drug-likeness (QED) is 0.0406. The SMILES string of the molecule is CCCCCCCCCCCCCCCCOC(COP(=O)(O)O)C(OC1CC[C@@]2(C)C(=CCC3C2CC[C@@]2(C)C3CC[C@@H]2[C@H](C)CCCC(C)C)C1)C(=O)O. The van der Waals surface area contributed by atoms with Crippen LogP contribution in [0.4, 0.5) is 0 Å². The lowest BCUT2D eigenvalue weighted by molar-refractivity contribution is -0.175. The number of carbonyl (C=O) groups is 1. The van der Waals surface area contributed by atoms with Gasteiger partial charge in [-0.1, -0.05) is 156 Å². The van der Waals surface area contributed by atoms with Crippen molar-refractivity contribution in [2.45, 2.75) is 220 Å². The minimum absolute atomic E-state index is 0.108. The lowest BCUT2D eigenvalue weighted by Gasteiger charge is -2.58. The van der Waals surface area contributed by atoms with Crippen LogP contribution < -0.4 is 0 Å². The highest BCUT2D eigenvalue weighted by atomic mass is 31.2. The number of fused-ring (bicyclic) bond motifs is 5. The molecule has 8 nitrogen and oxygen atoms in total. The average Bonchev–Trinajstić information content (AvgIpc) is 3.50. The second-order valence-corrected chi connectivity index (χ2v) is 21.1. The lowest BCUT2D eigenvalue weighted by Crippen LogP contribution is -2.51. The van der Waals surface area contributed by atoms with Crippen LogP contribution in [0.5, 0.6) is 0 Å². The zero-order valence-electron chi connectivity index (χ0n) is 36.7. The minimum atomic E-state index is -4.82. The molecule has 6 unspecified atom stereocenters. The number of hydrogen-bond acceptors (Lipinski definition) is 5. The number of phosphoric acid groups is 1. The number of ether oxygens (including phenoxy) is 2. The Labute approximate surface area is 342 Å². The molecule has 0 amide bonds. The van der Waals surface area contributed by atoms with Gasteiger partial charge in [-0.3, -0.25) is 4.52 Å². The minimum Gasteiger partial charge on any atom is -0.479 e. The van der Waals surface area contributed by atoms with E-state index in [9.17, 15) is 24.3 Å². The van der Waals surface area contributed by atoms with Crippen LogP contribution in [0.2, 0.25) is 0 Å². The van der Waals surface area contributed by atoms with Crippen molar-refractivity contribution in [1.82, 2.24) is 0 Å². The third-order valence-electron chi connectivity index (χ3n) is 15.4.